The molecule has 2 fully saturated rings. The second-order valence-electron chi connectivity index (χ2n) is 4.99. The predicted molar refractivity (Wildman–Crippen MR) is 70.7 cm³/mol. The number of hydrogen-bond acceptors (Lipinski definition) is 5. The van der Waals surface area contributed by atoms with Crippen LogP contribution in [0.3, 0.4) is 0 Å². The number of nitriles is 1. The number of carbonyl (C=O) groups excluding carboxylic acids is 1. The molecule has 2 aliphatic rings. The summed E-state index contributed by atoms with van der Waals surface area (Å²) in [5.41, 5.74) is 6.96. The number of carbonyl (C=O) groups is 1. The molecule has 3 rings (SSSR count). The van der Waals surface area contributed by atoms with Crippen LogP contribution in [0.1, 0.15) is 18.4 Å². The lowest BCUT2D eigenvalue weighted by molar-refractivity contribution is -0.117. The zero-order valence-electron chi connectivity index (χ0n) is 10.5. The van der Waals surface area contributed by atoms with E-state index in [0.717, 1.165) is 19.5 Å². The Bertz CT molecular complexity index is 559. The molecule has 0 bridgehead atoms. The summed E-state index contributed by atoms with van der Waals surface area (Å²) in [6.45, 7) is 2.16. The third-order valence-electron chi connectivity index (χ3n) is 3.57. The Morgan fingerprint density at radius 3 is 2.84 bits per heavy atom. The third kappa shape index (κ3) is 2.02. The summed E-state index contributed by atoms with van der Waals surface area (Å²) < 4.78 is 0. The van der Waals surface area contributed by atoms with E-state index in [4.69, 9.17) is 5.73 Å². The van der Waals surface area contributed by atoms with E-state index in [1.807, 2.05) is 4.90 Å². The maximum Gasteiger partial charge on any atom is 0.227 e. The highest BCUT2D eigenvalue weighted by Crippen LogP contribution is 2.27. The number of aromatic nitrogens is 1. The lowest BCUT2D eigenvalue weighted by atomic mass is 10.1. The maximum atomic E-state index is 11.7. The van der Waals surface area contributed by atoms with Gasteiger partial charge in [-0.1, -0.05) is 0 Å². The van der Waals surface area contributed by atoms with Gasteiger partial charge in [0.05, 0.1) is 17.4 Å². The van der Waals surface area contributed by atoms with Crippen LogP contribution < -0.4 is 15.5 Å². The van der Waals surface area contributed by atoms with Crippen molar-refractivity contribution in [1.82, 2.24) is 4.98 Å². The number of nitrogens with zero attached hydrogens (tertiary/aromatic N) is 4. The Balaban J connectivity index is 1.89. The van der Waals surface area contributed by atoms with Crippen molar-refractivity contribution in [2.24, 2.45) is 5.73 Å². The first-order valence-electron chi connectivity index (χ1n) is 6.40. The summed E-state index contributed by atoms with van der Waals surface area (Å²) in [6.07, 6.45) is 3.11. The molecule has 0 radical (unpaired) electrons. The molecular weight excluding hydrogens is 242 g/mol. The lowest BCUT2D eigenvalue weighted by Crippen LogP contribution is -2.56. The second kappa shape index (κ2) is 4.52. The Morgan fingerprint density at radius 1 is 1.47 bits per heavy atom. The summed E-state index contributed by atoms with van der Waals surface area (Å²) >= 11 is 0. The fraction of sp³-hybridized carbons (Fsp3) is 0.462. The van der Waals surface area contributed by atoms with Crippen LogP contribution >= 0.6 is 0 Å². The van der Waals surface area contributed by atoms with Crippen LogP contribution in [0, 0.1) is 11.3 Å². The molecule has 2 aliphatic heterocycles. The second-order valence-corrected chi connectivity index (χ2v) is 4.99. The molecule has 2 N–H and O–H groups in total. The molecule has 0 unspecified atom stereocenters. The topological polar surface area (TPSA) is 86.2 Å². The quantitative estimate of drug-likeness (QED) is 0.819. The molecule has 0 atom stereocenters. The molecule has 19 heavy (non-hydrogen) atoms. The van der Waals surface area contributed by atoms with E-state index in [1.54, 1.807) is 17.2 Å². The van der Waals surface area contributed by atoms with Crippen molar-refractivity contribution in [1.29, 1.82) is 5.26 Å². The van der Waals surface area contributed by atoms with Gasteiger partial charge in [-0.25, -0.2) is 4.98 Å². The van der Waals surface area contributed by atoms with Crippen molar-refractivity contribution in [2.75, 3.05) is 29.4 Å². The van der Waals surface area contributed by atoms with Crippen LogP contribution in [-0.2, 0) is 4.79 Å². The fourth-order valence-corrected chi connectivity index (χ4v) is 2.54. The molecule has 3 heterocycles. The van der Waals surface area contributed by atoms with Crippen molar-refractivity contribution in [2.45, 2.75) is 18.9 Å². The smallest absolute Gasteiger partial charge is 0.227 e. The van der Waals surface area contributed by atoms with Gasteiger partial charge >= 0.3 is 0 Å². The standard InChI is InChI=1S/C13H15N5O/c14-5-9-4-11(18-3-1-2-12(18)19)6-16-13(9)17-7-10(15)8-17/h4,6,10H,1-3,7-8,15H2. The van der Waals surface area contributed by atoms with Gasteiger partial charge in [0.2, 0.25) is 5.91 Å². The normalized spacial score (nSPS) is 19.5. The molecule has 0 aliphatic carbocycles. The van der Waals surface area contributed by atoms with E-state index in [2.05, 4.69) is 11.1 Å². The van der Waals surface area contributed by atoms with Gasteiger partial charge in [0.25, 0.3) is 0 Å². The van der Waals surface area contributed by atoms with Crippen molar-refractivity contribution in [3.8, 4) is 6.07 Å². The zero-order valence-corrected chi connectivity index (χ0v) is 10.5. The number of rotatable bonds is 2. The van der Waals surface area contributed by atoms with E-state index in [-0.39, 0.29) is 11.9 Å². The highest BCUT2D eigenvalue weighted by atomic mass is 16.2. The van der Waals surface area contributed by atoms with Gasteiger partial charge in [0, 0.05) is 32.1 Å². The van der Waals surface area contributed by atoms with Gasteiger partial charge in [-0.3, -0.25) is 4.79 Å². The first-order valence-corrected chi connectivity index (χ1v) is 6.40. The molecule has 1 aromatic heterocycles. The predicted octanol–water partition coefficient (Wildman–Crippen LogP) is 0.227. The van der Waals surface area contributed by atoms with Crippen molar-refractivity contribution < 1.29 is 4.79 Å². The third-order valence-corrected chi connectivity index (χ3v) is 3.57. The molecule has 0 spiro atoms. The molecule has 2 saturated heterocycles. The average molecular weight is 257 g/mol. The summed E-state index contributed by atoms with van der Waals surface area (Å²) in [6, 6.07) is 4.06. The maximum absolute atomic E-state index is 11.7. The first kappa shape index (κ1) is 11.9. The van der Waals surface area contributed by atoms with E-state index in [0.29, 0.717) is 30.0 Å². The Morgan fingerprint density at radius 2 is 2.26 bits per heavy atom. The molecular formula is C13H15N5O. The Kier molecular flexibility index (Phi) is 2.84. The van der Waals surface area contributed by atoms with Gasteiger partial charge < -0.3 is 15.5 Å². The van der Waals surface area contributed by atoms with Crippen LogP contribution in [0.2, 0.25) is 0 Å². The summed E-state index contributed by atoms with van der Waals surface area (Å²) in [5.74, 6) is 0.768. The largest absolute Gasteiger partial charge is 0.352 e. The Labute approximate surface area is 111 Å². The number of nitrogens with two attached hydrogens (primary N) is 1. The molecule has 98 valence electrons. The SMILES string of the molecule is N#Cc1cc(N2CCCC2=O)cnc1N1CC(N)C1. The van der Waals surface area contributed by atoms with Crippen LogP contribution in [0.5, 0.6) is 0 Å². The zero-order chi connectivity index (χ0) is 13.4. The number of amides is 1. The van der Waals surface area contributed by atoms with Crippen molar-refractivity contribution in [3.63, 3.8) is 0 Å². The minimum absolute atomic E-state index is 0.101. The van der Waals surface area contributed by atoms with Crippen LogP contribution in [0.4, 0.5) is 11.5 Å². The van der Waals surface area contributed by atoms with Crippen molar-refractivity contribution >= 4 is 17.4 Å². The van der Waals surface area contributed by atoms with Gasteiger partial charge in [0.1, 0.15) is 11.9 Å². The van der Waals surface area contributed by atoms with Gasteiger partial charge in [-0.05, 0) is 12.5 Å². The van der Waals surface area contributed by atoms with E-state index < -0.39 is 0 Å². The van der Waals surface area contributed by atoms with E-state index in [1.165, 1.54) is 0 Å². The fourth-order valence-electron chi connectivity index (χ4n) is 2.54. The summed E-state index contributed by atoms with van der Waals surface area (Å²) in [5, 5.41) is 9.23. The monoisotopic (exact) mass is 257 g/mol. The lowest BCUT2D eigenvalue weighted by Gasteiger charge is -2.38. The van der Waals surface area contributed by atoms with E-state index in [9.17, 15) is 10.1 Å². The number of hydrogen-bond donors (Lipinski definition) is 1. The molecule has 0 saturated carbocycles. The molecule has 6 nitrogen and oxygen atoms in total. The summed E-state index contributed by atoms with van der Waals surface area (Å²) in [4.78, 5) is 19.7. The minimum Gasteiger partial charge on any atom is -0.352 e. The van der Waals surface area contributed by atoms with E-state index >= 15 is 0 Å². The molecule has 1 aromatic rings. The molecule has 6 heteroatoms. The number of anilines is 2. The Hall–Kier alpha value is -2.13. The molecule has 0 aromatic carbocycles. The van der Waals surface area contributed by atoms with Gasteiger partial charge in [0.15, 0.2) is 0 Å². The van der Waals surface area contributed by atoms with Gasteiger partial charge in [-0.2, -0.15) is 5.26 Å². The number of pyridine rings is 1. The van der Waals surface area contributed by atoms with Crippen LogP contribution in [-0.4, -0.2) is 36.6 Å². The average Bonchev–Trinajstić information content (AvgIpc) is 2.81. The first-order chi connectivity index (χ1) is 9.19. The van der Waals surface area contributed by atoms with Crippen LogP contribution in [0.25, 0.3) is 0 Å². The van der Waals surface area contributed by atoms with Crippen LogP contribution in [0.15, 0.2) is 12.3 Å². The highest BCUT2D eigenvalue weighted by Gasteiger charge is 2.28. The van der Waals surface area contributed by atoms with Gasteiger partial charge in [-0.15, -0.1) is 0 Å². The minimum atomic E-state index is 0.101. The highest BCUT2D eigenvalue weighted by molar-refractivity contribution is 5.95. The van der Waals surface area contributed by atoms with Crippen molar-refractivity contribution in [3.05, 3.63) is 17.8 Å². The summed E-state index contributed by atoms with van der Waals surface area (Å²) in [7, 11) is 0. The molecule has 1 amide bonds.